The first kappa shape index (κ1) is 29.3. The van der Waals surface area contributed by atoms with Gasteiger partial charge in [-0.25, -0.2) is 13.4 Å². The molecule has 11 nitrogen and oxygen atoms in total. The molecule has 12 heteroatoms. The SMILES string of the molecule is CCc1cc2c(nc1-c1ccccc1NS(C)(=O)=O)c(OC(C)C)c(C(=O)NC1CCN(C(=O)CO)CC1)n2C. The number of anilines is 1. The maximum atomic E-state index is 13.7. The first-order valence-corrected chi connectivity index (χ1v) is 15.3. The van der Waals surface area contributed by atoms with Crippen molar-refractivity contribution in [2.24, 2.45) is 7.05 Å². The van der Waals surface area contributed by atoms with Crippen LogP contribution in [0.3, 0.4) is 0 Å². The third kappa shape index (κ3) is 6.23. The van der Waals surface area contributed by atoms with Crippen molar-refractivity contribution in [1.29, 1.82) is 0 Å². The van der Waals surface area contributed by atoms with Crippen molar-refractivity contribution in [3.63, 3.8) is 0 Å². The highest BCUT2D eigenvalue weighted by molar-refractivity contribution is 7.92. The number of hydrogen-bond donors (Lipinski definition) is 3. The number of amides is 2. The number of nitrogens with one attached hydrogen (secondary N) is 2. The minimum atomic E-state index is -3.53. The maximum Gasteiger partial charge on any atom is 0.272 e. The molecule has 2 amide bonds. The number of aryl methyl sites for hydroxylation is 2. The number of carbonyl (C=O) groups excluding carboxylic acids is 2. The zero-order valence-corrected chi connectivity index (χ0v) is 24.3. The summed E-state index contributed by atoms with van der Waals surface area (Å²) in [6.45, 7) is 6.14. The van der Waals surface area contributed by atoms with E-state index in [-0.39, 0.29) is 24.0 Å². The molecule has 1 saturated heterocycles. The van der Waals surface area contributed by atoms with Gasteiger partial charge in [0.25, 0.3) is 5.91 Å². The Labute approximate surface area is 234 Å². The van der Waals surface area contributed by atoms with Gasteiger partial charge in [-0.05, 0) is 50.8 Å². The zero-order chi connectivity index (χ0) is 29.2. The third-order valence-electron chi connectivity index (χ3n) is 6.95. The molecule has 3 aromatic rings. The van der Waals surface area contributed by atoms with Crippen LogP contribution < -0.4 is 14.8 Å². The van der Waals surface area contributed by atoms with E-state index in [0.29, 0.717) is 66.3 Å². The van der Waals surface area contributed by atoms with Gasteiger partial charge >= 0.3 is 0 Å². The van der Waals surface area contributed by atoms with Gasteiger partial charge in [-0.3, -0.25) is 14.3 Å². The number of aliphatic hydroxyl groups is 1. The number of para-hydroxylation sites is 1. The second kappa shape index (κ2) is 11.8. The summed E-state index contributed by atoms with van der Waals surface area (Å²) in [5, 5.41) is 12.2. The standard InChI is InChI=1S/C28H37N5O6S/c1-6-18-15-22-25(30-24(18)20-9-7-8-10-21(20)31-40(5,37)38)27(39-17(2)3)26(32(22)4)28(36)29-19-11-13-33(14-12-19)23(35)16-34/h7-10,15,17,19,31,34H,6,11-14,16H2,1-5H3,(H,29,36). The van der Waals surface area contributed by atoms with Crippen LogP contribution in [0.5, 0.6) is 5.75 Å². The Morgan fingerprint density at radius 3 is 2.48 bits per heavy atom. The number of sulfonamides is 1. The number of nitrogens with zero attached hydrogens (tertiary/aromatic N) is 3. The molecular formula is C28H37N5O6S. The number of carbonyl (C=O) groups is 2. The largest absolute Gasteiger partial charge is 0.486 e. The lowest BCUT2D eigenvalue weighted by Gasteiger charge is -2.32. The van der Waals surface area contributed by atoms with Crippen LogP contribution in [0.2, 0.25) is 0 Å². The molecule has 0 spiro atoms. The van der Waals surface area contributed by atoms with Crippen molar-refractivity contribution in [2.45, 2.75) is 52.2 Å². The number of ether oxygens (including phenoxy) is 1. The van der Waals surface area contributed by atoms with Crippen molar-refractivity contribution in [2.75, 3.05) is 30.7 Å². The van der Waals surface area contributed by atoms with Gasteiger partial charge in [0, 0.05) is 31.7 Å². The fourth-order valence-corrected chi connectivity index (χ4v) is 5.64. The molecule has 0 radical (unpaired) electrons. The van der Waals surface area contributed by atoms with E-state index < -0.39 is 16.6 Å². The Morgan fingerprint density at radius 1 is 1.20 bits per heavy atom. The Bertz CT molecular complexity index is 1520. The van der Waals surface area contributed by atoms with Crippen LogP contribution in [0, 0.1) is 0 Å². The molecule has 0 saturated carbocycles. The van der Waals surface area contributed by atoms with Crippen molar-refractivity contribution >= 4 is 38.6 Å². The van der Waals surface area contributed by atoms with Crippen molar-refractivity contribution in [3.8, 4) is 17.0 Å². The van der Waals surface area contributed by atoms with Gasteiger partial charge < -0.3 is 24.6 Å². The molecule has 3 heterocycles. The summed E-state index contributed by atoms with van der Waals surface area (Å²) >= 11 is 0. The van der Waals surface area contributed by atoms with Gasteiger partial charge in [0.1, 0.15) is 12.1 Å². The normalized spacial score (nSPS) is 14.5. The van der Waals surface area contributed by atoms with Crippen molar-refractivity contribution in [3.05, 3.63) is 41.6 Å². The molecule has 1 aliphatic heterocycles. The van der Waals surface area contributed by atoms with Crippen LogP contribution in [-0.4, -0.2) is 77.9 Å². The molecule has 4 rings (SSSR count). The molecule has 0 unspecified atom stereocenters. The quantitative estimate of drug-likeness (QED) is 0.358. The molecule has 0 aliphatic carbocycles. The van der Waals surface area contributed by atoms with E-state index in [1.807, 2.05) is 39.0 Å². The number of likely N-dealkylation sites (tertiary alicyclic amines) is 1. The second-order valence-corrected chi connectivity index (χ2v) is 12.1. The summed E-state index contributed by atoms with van der Waals surface area (Å²) in [5.41, 5.74) is 4.10. The molecule has 216 valence electrons. The average molecular weight is 572 g/mol. The van der Waals surface area contributed by atoms with E-state index in [0.717, 1.165) is 17.3 Å². The van der Waals surface area contributed by atoms with E-state index in [2.05, 4.69) is 10.0 Å². The number of benzene rings is 1. The molecule has 1 aliphatic rings. The van der Waals surface area contributed by atoms with Crippen LogP contribution in [0.1, 0.15) is 49.7 Å². The molecule has 1 fully saturated rings. The van der Waals surface area contributed by atoms with Crippen LogP contribution >= 0.6 is 0 Å². The lowest BCUT2D eigenvalue weighted by Crippen LogP contribution is -2.47. The van der Waals surface area contributed by atoms with Gasteiger partial charge in [0.2, 0.25) is 15.9 Å². The van der Waals surface area contributed by atoms with Gasteiger partial charge in [0.15, 0.2) is 11.4 Å². The Morgan fingerprint density at radius 2 is 1.88 bits per heavy atom. The second-order valence-electron chi connectivity index (χ2n) is 10.3. The Hall–Kier alpha value is -3.64. The number of rotatable bonds is 9. The molecule has 1 aromatic carbocycles. The van der Waals surface area contributed by atoms with Crippen LogP contribution in [0.4, 0.5) is 5.69 Å². The van der Waals surface area contributed by atoms with E-state index in [1.54, 1.807) is 28.6 Å². The van der Waals surface area contributed by atoms with Crippen LogP contribution in [0.15, 0.2) is 30.3 Å². The summed E-state index contributed by atoms with van der Waals surface area (Å²) < 4.78 is 34.7. The monoisotopic (exact) mass is 571 g/mol. The van der Waals surface area contributed by atoms with Gasteiger partial charge in [-0.1, -0.05) is 25.1 Å². The number of hydrogen-bond acceptors (Lipinski definition) is 7. The Balaban J connectivity index is 1.78. The highest BCUT2D eigenvalue weighted by Gasteiger charge is 2.29. The number of aliphatic hydroxyl groups excluding tert-OH is 1. The Kier molecular flexibility index (Phi) is 8.69. The number of fused-ring (bicyclic) bond motifs is 1. The first-order chi connectivity index (χ1) is 18.9. The van der Waals surface area contributed by atoms with Crippen molar-refractivity contribution in [1.82, 2.24) is 19.8 Å². The summed E-state index contributed by atoms with van der Waals surface area (Å²) in [7, 11) is -1.73. The zero-order valence-electron chi connectivity index (χ0n) is 23.5. The topological polar surface area (TPSA) is 143 Å². The molecule has 40 heavy (non-hydrogen) atoms. The molecule has 3 N–H and O–H groups in total. The van der Waals surface area contributed by atoms with Crippen LogP contribution in [-0.2, 0) is 28.3 Å². The first-order valence-electron chi connectivity index (χ1n) is 13.4. The summed E-state index contributed by atoms with van der Waals surface area (Å²) in [6.07, 6.45) is 2.65. The highest BCUT2D eigenvalue weighted by atomic mass is 32.2. The predicted molar refractivity (Wildman–Crippen MR) is 154 cm³/mol. The maximum absolute atomic E-state index is 13.7. The molecular weight excluding hydrogens is 534 g/mol. The summed E-state index contributed by atoms with van der Waals surface area (Å²) in [5.74, 6) is -0.259. The number of piperidine rings is 1. The summed E-state index contributed by atoms with van der Waals surface area (Å²) in [6, 6.07) is 8.92. The van der Waals surface area contributed by atoms with E-state index in [9.17, 15) is 18.0 Å². The minimum Gasteiger partial charge on any atom is -0.486 e. The average Bonchev–Trinajstić information content (AvgIpc) is 3.17. The number of aromatic nitrogens is 2. The van der Waals surface area contributed by atoms with E-state index in [4.69, 9.17) is 14.8 Å². The smallest absolute Gasteiger partial charge is 0.272 e. The lowest BCUT2D eigenvalue weighted by molar-refractivity contribution is -0.135. The van der Waals surface area contributed by atoms with Gasteiger partial charge in [0.05, 0.1) is 29.3 Å². The van der Waals surface area contributed by atoms with Crippen molar-refractivity contribution < 1.29 is 27.9 Å². The van der Waals surface area contributed by atoms with Gasteiger partial charge in [-0.15, -0.1) is 0 Å². The predicted octanol–water partition coefficient (Wildman–Crippen LogP) is 2.67. The van der Waals surface area contributed by atoms with E-state index >= 15 is 0 Å². The van der Waals surface area contributed by atoms with Crippen LogP contribution in [0.25, 0.3) is 22.3 Å². The summed E-state index contributed by atoms with van der Waals surface area (Å²) in [4.78, 5) is 32.0. The fourth-order valence-electron chi connectivity index (χ4n) is 5.06. The molecule has 2 aromatic heterocycles. The molecule has 0 atom stereocenters. The number of pyridine rings is 1. The highest BCUT2D eigenvalue weighted by Crippen LogP contribution is 2.38. The third-order valence-corrected chi connectivity index (χ3v) is 7.54. The van der Waals surface area contributed by atoms with Gasteiger partial charge in [-0.2, -0.15) is 0 Å². The minimum absolute atomic E-state index is 0.135. The lowest BCUT2D eigenvalue weighted by atomic mass is 10.0. The fraction of sp³-hybridized carbons (Fsp3) is 0.464. The van der Waals surface area contributed by atoms with E-state index in [1.165, 1.54) is 0 Å². The molecule has 0 bridgehead atoms.